The van der Waals surface area contributed by atoms with Crippen molar-refractivity contribution in [3.8, 4) is 0 Å². The van der Waals surface area contributed by atoms with Gasteiger partial charge in [0.25, 0.3) is 0 Å². The molecule has 1 aliphatic rings. The predicted molar refractivity (Wildman–Crippen MR) is 65.6 cm³/mol. The molecule has 0 saturated heterocycles. The van der Waals surface area contributed by atoms with Crippen molar-refractivity contribution in [3.05, 3.63) is 48.7 Å². The van der Waals surface area contributed by atoms with Gasteiger partial charge in [-0.05, 0) is 25.0 Å². The maximum Gasteiger partial charge on any atom is 0.0692 e. The van der Waals surface area contributed by atoms with Crippen molar-refractivity contribution in [3.63, 3.8) is 0 Å². The fraction of sp³-hybridized carbons (Fsp3) is 0.308. The Labute approximate surface area is 87.3 Å². The molecule has 0 radical (unpaired) electrons. The van der Waals surface area contributed by atoms with Crippen molar-refractivity contribution < 1.29 is 0 Å². The van der Waals surface area contributed by atoms with Crippen LogP contribution in [0.15, 0.2) is 53.7 Å². The van der Waals surface area contributed by atoms with Crippen LogP contribution in [0.25, 0.3) is 0 Å². The Bertz CT molecular complexity index is 290. The molecule has 0 atom stereocenters. The van der Waals surface area contributed by atoms with Crippen molar-refractivity contribution in [1.29, 1.82) is 0 Å². The van der Waals surface area contributed by atoms with Crippen LogP contribution < -0.4 is 0 Å². The van der Waals surface area contributed by atoms with Crippen LogP contribution in [-0.2, 0) is 0 Å². The Hall–Kier alpha value is -1.37. The van der Waals surface area contributed by atoms with Crippen LogP contribution in [0.2, 0.25) is 0 Å². The molecule has 0 aromatic carbocycles. The molecule has 1 rings (SSSR count). The molecule has 0 N–H and O–H groups in total. The molecule has 0 amide bonds. The van der Waals surface area contributed by atoms with Gasteiger partial charge in [0, 0.05) is 6.20 Å². The highest BCUT2D eigenvalue weighted by molar-refractivity contribution is 6.10. The van der Waals surface area contributed by atoms with E-state index in [1.165, 1.54) is 5.57 Å². The summed E-state index contributed by atoms with van der Waals surface area (Å²) in [6, 6.07) is 0. The van der Waals surface area contributed by atoms with Gasteiger partial charge in [-0.1, -0.05) is 44.7 Å². The smallest absolute Gasteiger partial charge is 0.0692 e. The van der Waals surface area contributed by atoms with E-state index in [2.05, 4.69) is 31.2 Å². The molecular formula is C13H19N. The lowest BCUT2D eigenvalue weighted by atomic mass is 10.1. The van der Waals surface area contributed by atoms with Crippen LogP contribution in [0, 0.1) is 0 Å². The minimum Gasteiger partial charge on any atom is -0.256 e. The summed E-state index contributed by atoms with van der Waals surface area (Å²) < 4.78 is 0. The zero-order valence-electron chi connectivity index (χ0n) is 9.38. The standard InChI is InChI=1S/C11H13N.C2H6/c1-4-10-7-6-9(3)8-12-11(10)5-2;1-2/h4-5,7-8H,1-2,6H2,3H3;1-2H3. The molecule has 0 aromatic heterocycles. The van der Waals surface area contributed by atoms with E-state index in [0.29, 0.717) is 0 Å². The second-order valence-corrected chi connectivity index (χ2v) is 2.76. The SMILES string of the molecule is C=CC1=CCC(C)=CN=C1C=C.CC. The molecule has 1 heterocycles. The number of hydrogen-bond donors (Lipinski definition) is 0. The highest BCUT2D eigenvalue weighted by Crippen LogP contribution is 2.12. The van der Waals surface area contributed by atoms with Crippen molar-refractivity contribution in [1.82, 2.24) is 0 Å². The van der Waals surface area contributed by atoms with Crippen LogP contribution in [0.3, 0.4) is 0 Å². The van der Waals surface area contributed by atoms with E-state index in [1.54, 1.807) is 6.08 Å². The zero-order valence-corrected chi connectivity index (χ0v) is 9.38. The van der Waals surface area contributed by atoms with Gasteiger partial charge in [0.1, 0.15) is 0 Å². The number of hydrogen-bond acceptors (Lipinski definition) is 1. The lowest BCUT2D eigenvalue weighted by Crippen LogP contribution is -1.93. The molecule has 0 saturated carbocycles. The average molecular weight is 189 g/mol. The highest BCUT2D eigenvalue weighted by atomic mass is 14.7. The Morgan fingerprint density at radius 3 is 2.43 bits per heavy atom. The molecule has 0 aromatic rings. The first-order valence-corrected chi connectivity index (χ1v) is 4.96. The Kier molecular flexibility index (Phi) is 6.38. The van der Waals surface area contributed by atoms with Gasteiger partial charge in [0.15, 0.2) is 0 Å². The summed E-state index contributed by atoms with van der Waals surface area (Å²) in [7, 11) is 0. The molecule has 14 heavy (non-hydrogen) atoms. The van der Waals surface area contributed by atoms with Gasteiger partial charge < -0.3 is 0 Å². The monoisotopic (exact) mass is 189 g/mol. The van der Waals surface area contributed by atoms with Gasteiger partial charge in [-0.15, -0.1) is 0 Å². The largest absolute Gasteiger partial charge is 0.256 e. The summed E-state index contributed by atoms with van der Waals surface area (Å²) in [6.45, 7) is 13.5. The topological polar surface area (TPSA) is 12.4 Å². The van der Waals surface area contributed by atoms with E-state index in [4.69, 9.17) is 0 Å². The maximum atomic E-state index is 4.27. The third-order valence-electron chi connectivity index (χ3n) is 1.78. The Morgan fingerprint density at radius 1 is 1.29 bits per heavy atom. The summed E-state index contributed by atoms with van der Waals surface area (Å²) in [5.41, 5.74) is 3.23. The third kappa shape index (κ3) is 3.56. The van der Waals surface area contributed by atoms with Crippen molar-refractivity contribution >= 4 is 5.71 Å². The average Bonchev–Trinajstić information content (AvgIpc) is 2.42. The lowest BCUT2D eigenvalue weighted by Gasteiger charge is -1.97. The second kappa shape index (κ2) is 7.07. The molecule has 1 heteroatoms. The van der Waals surface area contributed by atoms with Gasteiger partial charge in [-0.2, -0.15) is 0 Å². The second-order valence-electron chi connectivity index (χ2n) is 2.76. The van der Waals surface area contributed by atoms with E-state index >= 15 is 0 Å². The Balaban J connectivity index is 0.000000791. The lowest BCUT2D eigenvalue weighted by molar-refractivity contribution is 1.20. The van der Waals surface area contributed by atoms with Crippen molar-refractivity contribution in [2.75, 3.05) is 0 Å². The van der Waals surface area contributed by atoms with Gasteiger partial charge in [-0.3, -0.25) is 4.99 Å². The fourth-order valence-electron chi connectivity index (χ4n) is 1.04. The first-order chi connectivity index (χ1) is 6.77. The summed E-state index contributed by atoms with van der Waals surface area (Å²) in [4.78, 5) is 4.27. The quantitative estimate of drug-likeness (QED) is 0.621. The molecule has 0 unspecified atom stereocenters. The van der Waals surface area contributed by atoms with Gasteiger partial charge in [-0.25, -0.2) is 0 Å². The number of rotatable bonds is 2. The van der Waals surface area contributed by atoms with Crippen LogP contribution in [0.5, 0.6) is 0 Å². The van der Waals surface area contributed by atoms with E-state index in [1.807, 2.05) is 26.1 Å². The third-order valence-corrected chi connectivity index (χ3v) is 1.78. The summed E-state index contributed by atoms with van der Waals surface area (Å²) in [6.07, 6.45) is 8.51. The minimum atomic E-state index is 0.904. The zero-order chi connectivity index (χ0) is 11.0. The molecule has 76 valence electrons. The molecule has 1 nitrogen and oxygen atoms in total. The first kappa shape index (κ1) is 12.6. The van der Waals surface area contributed by atoms with E-state index in [0.717, 1.165) is 17.7 Å². The number of allylic oxidation sites excluding steroid dienone is 5. The van der Waals surface area contributed by atoms with Gasteiger partial charge >= 0.3 is 0 Å². The minimum absolute atomic E-state index is 0.904. The molecule has 0 bridgehead atoms. The summed E-state index contributed by atoms with van der Waals surface area (Å²) >= 11 is 0. The Morgan fingerprint density at radius 2 is 1.93 bits per heavy atom. The molecule has 1 aliphatic heterocycles. The fourth-order valence-corrected chi connectivity index (χ4v) is 1.04. The number of nitrogens with zero attached hydrogens (tertiary/aromatic N) is 1. The predicted octanol–water partition coefficient (Wildman–Crippen LogP) is 4.06. The number of aliphatic imine (C=N–C) groups is 1. The van der Waals surface area contributed by atoms with Gasteiger partial charge in [0.2, 0.25) is 0 Å². The molecule has 0 spiro atoms. The van der Waals surface area contributed by atoms with Crippen molar-refractivity contribution in [2.24, 2.45) is 4.99 Å². The van der Waals surface area contributed by atoms with Crippen molar-refractivity contribution in [2.45, 2.75) is 27.2 Å². The summed E-state index contributed by atoms with van der Waals surface area (Å²) in [5, 5.41) is 0. The van der Waals surface area contributed by atoms with E-state index < -0.39 is 0 Å². The van der Waals surface area contributed by atoms with Crippen LogP contribution in [-0.4, -0.2) is 5.71 Å². The van der Waals surface area contributed by atoms with Crippen LogP contribution in [0.4, 0.5) is 0 Å². The van der Waals surface area contributed by atoms with Crippen LogP contribution >= 0.6 is 0 Å². The first-order valence-electron chi connectivity index (χ1n) is 4.96. The molecular weight excluding hydrogens is 170 g/mol. The highest BCUT2D eigenvalue weighted by Gasteiger charge is 2.01. The molecule has 0 aliphatic carbocycles. The summed E-state index contributed by atoms with van der Waals surface area (Å²) in [5.74, 6) is 0. The van der Waals surface area contributed by atoms with Gasteiger partial charge in [0.05, 0.1) is 5.71 Å². The molecule has 0 fully saturated rings. The van der Waals surface area contributed by atoms with E-state index in [-0.39, 0.29) is 0 Å². The maximum absolute atomic E-state index is 4.27. The van der Waals surface area contributed by atoms with E-state index in [9.17, 15) is 0 Å². The van der Waals surface area contributed by atoms with Crippen LogP contribution in [0.1, 0.15) is 27.2 Å². The normalized spacial score (nSPS) is 14.9.